The lowest BCUT2D eigenvalue weighted by molar-refractivity contribution is -0.141. The van der Waals surface area contributed by atoms with E-state index in [2.05, 4.69) is 33.2 Å². The fraction of sp³-hybridized carbons (Fsp3) is 0.273. The molecule has 1 aromatic rings. The molecule has 1 rings (SSSR count). The fourth-order valence-corrected chi connectivity index (χ4v) is 1.81. The number of aliphatic carboxylic acids is 1. The van der Waals surface area contributed by atoms with Crippen LogP contribution in [0.3, 0.4) is 0 Å². The second kappa shape index (κ2) is 6.55. The molecule has 18 heavy (non-hydrogen) atoms. The molecular weight excluding hydrogens is 351 g/mol. The molecule has 0 aromatic heterocycles. The number of hydrogen-bond donors (Lipinski definition) is 4. The van der Waals surface area contributed by atoms with Crippen LogP contribution in [-0.4, -0.2) is 34.4 Å². The topological polar surface area (TPSA) is 98.7 Å². The number of carbonyl (C=O) groups is 2. The van der Waals surface area contributed by atoms with Gasteiger partial charge in [0, 0.05) is 9.26 Å². The lowest BCUT2D eigenvalue weighted by Gasteiger charge is -2.17. The molecule has 7 heteroatoms. The molecule has 0 aliphatic heterocycles. The Balaban J connectivity index is 2.63. The molecule has 2 amide bonds. The minimum absolute atomic E-state index is 0.550. The quantitative estimate of drug-likeness (QED) is 0.605. The average molecular weight is 364 g/mol. The first kappa shape index (κ1) is 14.7. The highest BCUT2D eigenvalue weighted by Crippen LogP contribution is 2.12. The molecule has 0 aliphatic rings. The third kappa shape index (κ3) is 4.49. The van der Waals surface area contributed by atoms with Gasteiger partial charge in [-0.05, 0) is 47.7 Å². The zero-order valence-corrected chi connectivity index (χ0v) is 11.7. The number of nitrogens with one attached hydrogen (secondary N) is 2. The van der Waals surface area contributed by atoms with Gasteiger partial charge in [-0.2, -0.15) is 0 Å². The van der Waals surface area contributed by atoms with E-state index < -0.39 is 24.1 Å². The van der Waals surface area contributed by atoms with Gasteiger partial charge in [-0.1, -0.05) is 6.07 Å². The molecule has 0 unspecified atom stereocenters. The summed E-state index contributed by atoms with van der Waals surface area (Å²) in [5.74, 6) is -1.29. The molecule has 0 radical (unpaired) electrons. The highest BCUT2D eigenvalue weighted by molar-refractivity contribution is 14.1. The van der Waals surface area contributed by atoms with Crippen LogP contribution in [0.2, 0.25) is 0 Å². The molecule has 0 heterocycles. The number of carboxylic acids is 1. The SMILES string of the molecule is C[C@@H](O)[C@H](NC(=O)Nc1cccc(I)c1)C(=O)O. The number of anilines is 1. The Hall–Kier alpha value is -1.35. The fourth-order valence-electron chi connectivity index (χ4n) is 1.26. The number of urea groups is 1. The molecule has 1 aromatic carbocycles. The number of carboxylic acid groups (broad SMARTS) is 1. The molecule has 98 valence electrons. The van der Waals surface area contributed by atoms with Crippen molar-refractivity contribution in [1.82, 2.24) is 5.32 Å². The monoisotopic (exact) mass is 364 g/mol. The highest BCUT2D eigenvalue weighted by Gasteiger charge is 2.24. The van der Waals surface area contributed by atoms with Crippen molar-refractivity contribution in [3.63, 3.8) is 0 Å². The van der Waals surface area contributed by atoms with Gasteiger partial charge in [0.15, 0.2) is 6.04 Å². The van der Waals surface area contributed by atoms with E-state index in [1.54, 1.807) is 18.2 Å². The first-order valence-corrected chi connectivity index (χ1v) is 6.22. The number of aliphatic hydroxyl groups excluding tert-OH is 1. The van der Waals surface area contributed by atoms with Crippen molar-refractivity contribution in [3.05, 3.63) is 27.8 Å². The van der Waals surface area contributed by atoms with E-state index in [0.717, 1.165) is 3.57 Å². The average Bonchev–Trinajstić information content (AvgIpc) is 2.25. The van der Waals surface area contributed by atoms with Crippen molar-refractivity contribution in [2.75, 3.05) is 5.32 Å². The van der Waals surface area contributed by atoms with Gasteiger partial charge >= 0.3 is 12.0 Å². The maximum absolute atomic E-state index is 11.5. The van der Waals surface area contributed by atoms with Crippen LogP contribution in [0.15, 0.2) is 24.3 Å². The first-order chi connectivity index (χ1) is 8.40. The summed E-state index contributed by atoms with van der Waals surface area (Å²) in [6.45, 7) is 1.30. The maximum Gasteiger partial charge on any atom is 0.328 e. The maximum atomic E-state index is 11.5. The summed E-state index contributed by atoms with van der Waals surface area (Å²) in [7, 11) is 0. The number of rotatable bonds is 4. The highest BCUT2D eigenvalue weighted by atomic mass is 127. The summed E-state index contributed by atoms with van der Waals surface area (Å²) in [6.07, 6.45) is -1.18. The van der Waals surface area contributed by atoms with Gasteiger partial charge in [-0.15, -0.1) is 0 Å². The Morgan fingerprint density at radius 3 is 2.56 bits per heavy atom. The molecule has 0 spiro atoms. The van der Waals surface area contributed by atoms with Crippen LogP contribution in [0.25, 0.3) is 0 Å². The van der Waals surface area contributed by atoms with Gasteiger partial charge in [0.25, 0.3) is 0 Å². The summed E-state index contributed by atoms with van der Waals surface area (Å²) in [5, 5.41) is 22.7. The molecular formula is C11H13IN2O4. The minimum atomic E-state index is -1.34. The van der Waals surface area contributed by atoms with Gasteiger partial charge < -0.3 is 20.8 Å². The summed E-state index contributed by atoms with van der Waals surface area (Å²) in [4.78, 5) is 22.3. The Morgan fingerprint density at radius 2 is 2.06 bits per heavy atom. The number of amides is 2. The third-order valence-corrected chi connectivity index (χ3v) is 2.79. The van der Waals surface area contributed by atoms with Gasteiger partial charge in [0.05, 0.1) is 6.10 Å². The molecule has 6 nitrogen and oxygen atoms in total. The lowest BCUT2D eigenvalue weighted by Crippen LogP contribution is -2.49. The van der Waals surface area contributed by atoms with Crippen molar-refractivity contribution in [2.24, 2.45) is 0 Å². The summed E-state index contributed by atoms with van der Waals surface area (Å²) in [5.41, 5.74) is 0.550. The van der Waals surface area contributed by atoms with Crippen LogP contribution in [0.4, 0.5) is 10.5 Å². The van der Waals surface area contributed by atoms with Crippen molar-refractivity contribution in [3.8, 4) is 0 Å². The summed E-state index contributed by atoms with van der Waals surface area (Å²) >= 11 is 2.09. The Morgan fingerprint density at radius 1 is 1.39 bits per heavy atom. The third-order valence-electron chi connectivity index (χ3n) is 2.12. The second-order valence-corrected chi connectivity index (χ2v) is 4.91. The second-order valence-electron chi connectivity index (χ2n) is 3.67. The van der Waals surface area contributed by atoms with E-state index >= 15 is 0 Å². The van der Waals surface area contributed by atoms with Crippen molar-refractivity contribution in [2.45, 2.75) is 19.1 Å². The molecule has 2 atom stereocenters. The van der Waals surface area contributed by atoms with E-state index in [1.807, 2.05) is 6.07 Å². The van der Waals surface area contributed by atoms with Crippen LogP contribution in [0, 0.1) is 3.57 Å². The number of aliphatic hydroxyl groups is 1. The lowest BCUT2D eigenvalue weighted by atomic mass is 10.2. The van der Waals surface area contributed by atoms with Gasteiger partial charge in [-0.25, -0.2) is 9.59 Å². The number of carbonyl (C=O) groups excluding carboxylic acids is 1. The zero-order valence-electron chi connectivity index (χ0n) is 9.55. The number of halogens is 1. The van der Waals surface area contributed by atoms with E-state index in [-0.39, 0.29) is 0 Å². The molecule has 4 N–H and O–H groups in total. The first-order valence-electron chi connectivity index (χ1n) is 5.14. The predicted octanol–water partition coefficient (Wildman–Crippen LogP) is 1.25. The van der Waals surface area contributed by atoms with Crippen LogP contribution < -0.4 is 10.6 Å². The smallest absolute Gasteiger partial charge is 0.328 e. The predicted molar refractivity (Wildman–Crippen MR) is 74.4 cm³/mol. The van der Waals surface area contributed by atoms with Crippen LogP contribution >= 0.6 is 22.6 Å². The Kier molecular flexibility index (Phi) is 5.35. The van der Waals surface area contributed by atoms with E-state index in [0.29, 0.717) is 5.69 Å². The summed E-state index contributed by atoms with van der Waals surface area (Å²) < 4.78 is 0.940. The van der Waals surface area contributed by atoms with Gasteiger partial charge in [0.2, 0.25) is 0 Å². The Labute approximate surface area is 118 Å². The number of hydrogen-bond acceptors (Lipinski definition) is 3. The van der Waals surface area contributed by atoms with Crippen molar-refractivity contribution >= 4 is 40.3 Å². The van der Waals surface area contributed by atoms with E-state index in [1.165, 1.54) is 6.92 Å². The van der Waals surface area contributed by atoms with Crippen LogP contribution in [0.1, 0.15) is 6.92 Å². The van der Waals surface area contributed by atoms with Crippen LogP contribution in [0.5, 0.6) is 0 Å². The van der Waals surface area contributed by atoms with E-state index in [9.17, 15) is 14.7 Å². The van der Waals surface area contributed by atoms with Crippen molar-refractivity contribution < 1.29 is 19.8 Å². The molecule has 0 fully saturated rings. The Bertz CT molecular complexity index is 450. The summed E-state index contributed by atoms with van der Waals surface area (Å²) in [6, 6.07) is 5.02. The minimum Gasteiger partial charge on any atom is -0.480 e. The van der Waals surface area contributed by atoms with Crippen LogP contribution in [-0.2, 0) is 4.79 Å². The molecule has 0 saturated carbocycles. The van der Waals surface area contributed by atoms with Gasteiger partial charge in [0.1, 0.15) is 0 Å². The standard InChI is InChI=1S/C11H13IN2O4/c1-6(15)9(10(16)17)14-11(18)13-8-4-2-3-7(12)5-8/h2-6,9,15H,1H3,(H,16,17)(H2,13,14,18)/t6-,9+/m1/s1. The molecule has 0 saturated heterocycles. The largest absolute Gasteiger partial charge is 0.480 e. The zero-order chi connectivity index (χ0) is 13.7. The molecule has 0 bridgehead atoms. The number of benzene rings is 1. The van der Waals surface area contributed by atoms with E-state index in [4.69, 9.17) is 5.11 Å². The van der Waals surface area contributed by atoms with Crippen molar-refractivity contribution in [1.29, 1.82) is 0 Å². The normalized spacial score (nSPS) is 13.5. The van der Waals surface area contributed by atoms with Gasteiger partial charge in [-0.3, -0.25) is 0 Å². The molecule has 0 aliphatic carbocycles.